The molecule has 254 valence electrons. The maximum atomic E-state index is 13.2. The first-order chi connectivity index (χ1) is 23.2. The fourth-order valence-corrected chi connectivity index (χ4v) is 11.1. The van der Waals surface area contributed by atoms with E-state index in [1.807, 2.05) is 54.3 Å². The third-order valence-corrected chi connectivity index (χ3v) is 12.6. The summed E-state index contributed by atoms with van der Waals surface area (Å²) in [5, 5.41) is 0. The van der Waals surface area contributed by atoms with Crippen molar-refractivity contribution in [3.05, 3.63) is 83.9 Å². The van der Waals surface area contributed by atoms with Gasteiger partial charge in [-0.2, -0.15) is 0 Å². The number of carbonyl (C=O) groups is 2. The van der Waals surface area contributed by atoms with Crippen LogP contribution in [0, 0.1) is 23.2 Å². The molecule has 0 atom stereocenters. The first-order valence-corrected chi connectivity index (χ1v) is 19.3. The van der Waals surface area contributed by atoms with Crippen LogP contribution < -0.4 is 14.4 Å². The number of anilines is 1. The number of nitrogens with zero attached hydrogens (tertiary/aromatic N) is 2. The topological polar surface area (TPSA) is 96.0 Å². The highest BCUT2D eigenvalue weighted by molar-refractivity contribution is 7.90. The number of benzene rings is 3. The number of carbonyl (C=O) groups excluding carboxylic acids is 2. The lowest BCUT2D eigenvalue weighted by molar-refractivity contribution is -0.131. The summed E-state index contributed by atoms with van der Waals surface area (Å²) in [6.07, 6.45) is 7.83. The van der Waals surface area contributed by atoms with Crippen molar-refractivity contribution in [2.45, 2.75) is 58.3 Å². The number of aryl methyl sites for hydroxylation is 1. The summed E-state index contributed by atoms with van der Waals surface area (Å²) in [4.78, 5) is 30.4. The molecule has 5 aliphatic rings. The highest BCUT2D eigenvalue weighted by Crippen LogP contribution is 2.60. The van der Waals surface area contributed by atoms with Gasteiger partial charge in [0, 0.05) is 43.9 Å². The van der Waals surface area contributed by atoms with Crippen LogP contribution in [0.3, 0.4) is 0 Å². The van der Waals surface area contributed by atoms with Gasteiger partial charge in [-0.3, -0.25) is 9.59 Å². The van der Waals surface area contributed by atoms with Crippen LogP contribution in [-0.2, 0) is 21.2 Å². The van der Waals surface area contributed by atoms with E-state index in [1.54, 1.807) is 12.1 Å². The number of ether oxygens (including phenoxy) is 1. The maximum absolute atomic E-state index is 13.2. The van der Waals surface area contributed by atoms with Crippen molar-refractivity contribution in [1.29, 1.82) is 0 Å². The molecule has 1 aliphatic heterocycles. The molecule has 8 rings (SSSR count). The lowest BCUT2D eigenvalue weighted by Crippen LogP contribution is -2.51. The zero-order valence-corrected chi connectivity index (χ0v) is 28.7. The van der Waals surface area contributed by atoms with Gasteiger partial charge in [0.2, 0.25) is 15.9 Å². The summed E-state index contributed by atoms with van der Waals surface area (Å²) in [6, 6.07) is 23.5. The van der Waals surface area contributed by atoms with Gasteiger partial charge in [0.15, 0.2) is 0 Å². The van der Waals surface area contributed by atoms with Crippen LogP contribution in [0.1, 0.15) is 67.8 Å². The van der Waals surface area contributed by atoms with Gasteiger partial charge in [0.05, 0.1) is 12.4 Å². The fourth-order valence-electron chi connectivity index (χ4n) is 9.48. The van der Waals surface area contributed by atoms with Crippen LogP contribution in [0.4, 0.5) is 5.69 Å². The van der Waals surface area contributed by atoms with Crippen LogP contribution >= 0.6 is 0 Å². The highest BCUT2D eigenvalue weighted by Gasteiger charge is 2.52. The molecule has 5 fully saturated rings. The predicted molar refractivity (Wildman–Crippen MR) is 188 cm³/mol. The van der Waals surface area contributed by atoms with Gasteiger partial charge in [-0.05, 0) is 128 Å². The Morgan fingerprint density at radius 3 is 2.19 bits per heavy atom. The molecular weight excluding hydrogens is 623 g/mol. The molecular formula is C39H47N3O5S. The van der Waals surface area contributed by atoms with Crippen LogP contribution in [-0.4, -0.2) is 63.7 Å². The second-order valence-corrected chi connectivity index (χ2v) is 16.4. The molecule has 1 heterocycles. The van der Waals surface area contributed by atoms with Gasteiger partial charge in [-0.15, -0.1) is 0 Å². The van der Waals surface area contributed by atoms with Crippen LogP contribution in [0.2, 0.25) is 0 Å². The monoisotopic (exact) mass is 669 g/mol. The zero-order chi connectivity index (χ0) is 33.3. The lowest BCUT2D eigenvalue weighted by Gasteiger charge is -2.56. The third-order valence-electron chi connectivity index (χ3n) is 11.1. The van der Waals surface area contributed by atoms with Crippen LogP contribution in [0.5, 0.6) is 5.75 Å². The van der Waals surface area contributed by atoms with Gasteiger partial charge < -0.3 is 14.5 Å². The molecule has 48 heavy (non-hydrogen) atoms. The van der Waals surface area contributed by atoms with Crippen molar-refractivity contribution in [2.24, 2.45) is 23.2 Å². The second kappa shape index (κ2) is 13.6. The zero-order valence-electron chi connectivity index (χ0n) is 27.9. The number of hydrogen-bond donors (Lipinski definition) is 1. The molecule has 0 spiro atoms. The van der Waals surface area contributed by atoms with E-state index in [0.29, 0.717) is 68.9 Å². The van der Waals surface area contributed by atoms with Crippen molar-refractivity contribution in [3.8, 4) is 16.9 Å². The van der Waals surface area contributed by atoms with E-state index in [4.69, 9.17) is 4.74 Å². The molecule has 0 unspecified atom stereocenters. The second-order valence-electron chi connectivity index (χ2n) is 14.6. The molecule has 3 aromatic carbocycles. The first-order valence-electron chi connectivity index (χ1n) is 17.7. The van der Waals surface area contributed by atoms with Crippen molar-refractivity contribution < 1.29 is 22.7 Å². The summed E-state index contributed by atoms with van der Waals surface area (Å²) in [6.45, 7) is 5.23. The van der Waals surface area contributed by atoms with E-state index in [9.17, 15) is 18.0 Å². The molecule has 0 aromatic heterocycles. The molecule has 1 saturated heterocycles. The minimum absolute atomic E-state index is 0.0607. The van der Waals surface area contributed by atoms with Gasteiger partial charge in [-0.1, -0.05) is 36.4 Å². The number of sulfonamides is 1. The molecule has 2 amide bonds. The number of nitrogens with one attached hydrogen (secondary N) is 1. The molecule has 9 heteroatoms. The number of amides is 2. The molecule has 3 aromatic rings. The van der Waals surface area contributed by atoms with Crippen molar-refractivity contribution in [2.75, 3.05) is 43.4 Å². The lowest BCUT2D eigenvalue weighted by atomic mass is 9.50. The van der Waals surface area contributed by atoms with Crippen molar-refractivity contribution in [3.63, 3.8) is 0 Å². The summed E-state index contributed by atoms with van der Waals surface area (Å²) in [5.41, 5.74) is 4.48. The number of hydrogen-bond acceptors (Lipinski definition) is 6. The largest absolute Gasteiger partial charge is 0.494 e. The minimum Gasteiger partial charge on any atom is -0.494 e. The smallest absolute Gasteiger partial charge is 0.264 e. The molecule has 4 bridgehead atoms. The highest BCUT2D eigenvalue weighted by atomic mass is 32.2. The van der Waals surface area contributed by atoms with E-state index >= 15 is 0 Å². The van der Waals surface area contributed by atoms with Crippen LogP contribution in [0.15, 0.2) is 72.8 Å². The summed E-state index contributed by atoms with van der Waals surface area (Å²) in [7, 11) is -3.73. The Hall–Kier alpha value is -3.85. The van der Waals surface area contributed by atoms with Gasteiger partial charge in [0.1, 0.15) is 5.75 Å². The first kappa shape index (κ1) is 32.7. The van der Waals surface area contributed by atoms with E-state index in [1.165, 1.54) is 19.3 Å². The summed E-state index contributed by atoms with van der Waals surface area (Å²) >= 11 is 0. The Morgan fingerprint density at radius 1 is 0.854 bits per heavy atom. The molecule has 4 aliphatic carbocycles. The van der Waals surface area contributed by atoms with E-state index in [-0.39, 0.29) is 17.1 Å². The van der Waals surface area contributed by atoms with E-state index in [0.717, 1.165) is 47.4 Å². The van der Waals surface area contributed by atoms with Gasteiger partial charge in [-0.25, -0.2) is 13.1 Å². The Morgan fingerprint density at radius 2 is 1.52 bits per heavy atom. The quantitative estimate of drug-likeness (QED) is 0.257. The van der Waals surface area contributed by atoms with Gasteiger partial charge in [0.25, 0.3) is 5.91 Å². The predicted octanol–water partition coefficient (Wildman–Crippen LogP) is 6.31. The normalized spacial score (nSPS) is 24.8. The van der Waals surface area contributed by atoms with Crippen molar-refractivity contribution >= 4 is 27.5 Å². The Bertz CT molecular complexity index is 1710. The Labute approximate surface area is 284 Å². The summed E-state index contributed by atoms with van der Waals surface area (Å²) < 4.78 is 34.4. The Balaban J connectivity index is 0.897. The van der Waals surface area contributed by atoms with Gasteiger partial charge >= 0.3 is 0 Å². The molecule has 8 nitrogen and oxygen atoms in total. The SMILES string of the molecule is CCOc1cccc(-c2ccccc2CCC(=O)N2CCN(c3ccc(C(=O)NS(=O)(=O)CC45CC6CC(CC(C6)C4)C5)cc3)CC2)c1. The number of rotatable bonds is 11. The number of piperazine rings is 1. The van der Waals surface area contributed by atoms with E-state index in [2.05, 4.69) is 27.8 Å². The molecule has 1 N–H and O–H groups in total. The average molecular weight is 670 g/mol. The summed E-state index contributed by atoms with van der Waals surface area (Å²) in [5.74, 6) is 2.46. The average Bonchev–Trinajstić information content (AvgIpc) is 3.06. The standard InChI is InChI=1S/C39H47N3O5S/c1-2-47-35-8-5-7-33(23-35)36-9-4-3-6-31(36)12-15-37(43)42-18-16-41(17-19-42)34-13-10-32(11-14-34)38(44)40-48(45,46)27-39-24-28-20-29(25-39)22-30(21-28)26-39/h3-11,13-14,23,28-30H,2,12,15-22,24-27H2,1H3,(H,40,44). The molecule has 4 saturated carbocycles. The van der Waals surface area contributed by atoms with Crippen molar-refractivity contribution in [1.82, 2.24) is 9.62 Å². The minimum atomic E-state index is -3.73. The maximum Gasteiger partial charge on any atom is 0.264 e. The third kappa shape index (κ3) is 7.26. The van der Waals surface area contributed by atoms with E-state index < -0.39 is 15.9 Å². The molecule has 0 radical (unpaired) electrons. The fraction of sp³-hybridized carbons (Fsp3) is 0.487. The van der Waals surface area contributed by atoms with Crippen LogP contribution in [0.25, 0.3) is 11.1 Å². The Kier molecular flexibility index (Phi) is 9.24.